The quantitative estimate of drug-likeness (QED) is 0.0581. The van der Waals surface area contributed by atoms with E-state index in [1.165, 1.54) is 26.5 Å². The third-order valence-corrected chi connectivity index (χ3v) is 20.6. The van der Waals surface area contributed by atoms with E-state index in [1.807, 2.05) is 20.8 Å². The van der Waals surface area contributed by atoms with Gasteiger partial charge in [-0.1, -0.05) is 51.0 Å². The van der Waals surface area contributed by atoms with E-state index in [2.05, 4.69) is 39.8 Å². The predicted octanol–water partition coefficient (Wildman–Crippen LogP) is 0.620. The number of cyclic esters (lactones) is 1. The van der Waals surface area contributed by atoms with E-state index >= 15 is 0 Å². The number of esters is 2. The minimum atomic E-state index is -5.17. The number of aliphatic hydroxyl groups excluding tert-OH is 8. The van der Waals surface area contributed by atoms with Crippen LogP contribution in [-0.2, 0) is 76.3 Å². The topological polar surface area (TPSA) is 361 Å². The maximum atomic E-state index is 14.7. The second-order valence-electron chi connectivity index (χ2n) is 25.6. The maximum Gasteiger partial charge on any atom is 0.397 e. The molecule has 0 bridgehead atoms. The summed E-state index contributed by atoms with van der Waals surface area (Å²) in [5.41, 5.74) is -1.05. The van der Waals surface area contributed by atoms with Gasteiger partial charge in [-0.05, 0) is 102 Å². The lowest BCUT2D eigenvalue weighted by Gasteiger charge is -2.64. The van der Waals surface area contributed by atoms with Gasteiger partial charge >= 0.3 is 22.3 Å². The summed E-state index contributed by atoms with van der Waals surface area (Å²) in [7, 11) is -3.92. The molecular formula is C55H86O25S. The molecule has 0 aromatic heterocycles. The number of ether oxygens (including phenoxy) is 11. The molecule has 9 rings (SSSR count). The number of hydrogen-bond donors (Lipinski definition) is 9. The first-order chi connectivity index (χ1) is 37.9. The summed E-state index contributed by atoms with van der Waals surface area (Å²) < 4.78 is 104. The smallest absolute Gasteiger partial charge is 0.397 e. The Balaban J connectivity index is 0.918. The van der Waals surface area contributed by atoms with Crippen LogP contribution in [0, 0.1) is 39.4 Å². The van der Waals surface area contributed by atoms with Crippen LogP contribution in [0.4, 0.5) is 0 Å². The molecule has 462 valence electrons. The van der Waals surface area contributed by atoms with Crippen LogP contribution in [0.1, 0.15) is 114 Å². The fourth-order valence-electron chi connectivity index (χ4n) is 16.3. The Kier molecular flexibility index (Phi) is 18.2. The lowest BCUT2D eigenvalue weighted by molar-refractivity contribution is -0.386. The van der Waals surface area contributed by atoms with Gasteiger partial charge in [0, 0.05) is 19.4 Å². The monoisotopic (exact) mass is 1180 g/mol. The summed E-state index contributed by atoms with van der Waals surface area (Å²) in [5.74, 6) is -0.977. The second-order valence-corrected chi connectivity index (χ2v) is 26.6. The highest BCUT2D eigenvalue weighted by molar-refractivity contribution is 7.80. The molecule has 1 spiro atoms. The summed E-state index contributed by atoms with van der Waals surface area (Å²) in [4.78, 5) is 27.4. The fraction of sp³-hybridized carbons (Fsp3) is 0.891. The molecule has 26 heteroatoms. The number of allylic oxidation sites excluding steroid dienone is 4. The van der Waals surface area contributed by atoms with Crippen molar-refractivity contribution in [3.63, 3.8) is 0 Å². The fourth-order valence-corrected chi connectivity index (χ4v) is 16.8. The zero-order chi connectivity index (χ0) is 59.3. The van der Waals surface area contributed by atoms with Gasteiger partial charge in [0.2, 0.25) is 0 Å². The van der Waals surface area contributed by atoms with Gasteiger partial charge in [-0.3, -0.25) is 14.1 Å². The van der Waals surface area contributed by atoms with Gasteiger partial charge < -0.3 is 93.0 Å². The summed E-state index contributed by atoms with van der Waals surface area (Å²) in [6.45, 7) is 15.7. The zero-order valence-electron chi connectivity index (χ0n) is 47.7. The van der Waals surface area contributed by atoms with Gasteiger partial charge in [-0.2, -0.15) is 8.42 Å². The molecular weight excluding hydrogens is 1090 g/mol. The van der Waals surface area contributed by atoms with E-state index in [1.54, 1.807) is 0 Å². The van der Waals surface area contributed by atoms with Crippen LogP contribution in [0.15, 0.2) is 23.3 Å². The lowest BCUT2D eigenvalue weighted by atomic mass is 9.41. The molecule has 27 atom stereocenters. The van der Waals surface area contributed by atoms with Gasteiger partial charge in [0.1, 0.15) is 91.1 Å². The molecule has 81 heavy (non-hydrogen) atoms. The Morgan fingerprint density at radius 1 is 0.765 bits per heavy atom. The average Bonchev–Trinajstić information content (AvgIpc) is 2.26. The Labute approximate surface area is 472 Å². The Hall–Kier alpha value is -2.39. The Morgan fingerprint density at radius 2 is 1.42 bits per heavy atom. The van der Waals surface area contributed by atoms with Gasteiger partial charge in [-0.25, -0.2) is 4.18 Å². The van der Waals surface area contributed by atoms with E-state index in [0.29, 0.717) is 51.4 Å². The molecule has 9 aliphatic rings. The molecule has 0 radical (unpaired) electrons. The van der Waals surface area contributed by atoms with Crippen LogP contribution in [-0.4, -0.2) is 221 Å². The summed E-state index contributed by atoms with van der Waals surface area (Å²) in [5, 5.41) is 88.8. The van der Waals surface area contributed by atoms with Crippen molar-refractivity contribution in [3.05, 3.63) is 23.3 Å². The van der Waals surface area contributed by atoms with E-state index < -0.39 is 174 Å². The molecule has 8 fully saturated rings. The number of hydrogen-bond acceptors (Lipinski definition) is 24. The molecule has 0 aromatic carbocycles. The Bertz CT molecular complexity index is 2460. The van der Waals surface area contributed by atoms with Crippen molar-refractivity contribution in [3.8, 4) is 0 Å². The van der Waals surface area contributed by atoms with Crippen LogP contribution in [0.2, 0.25) is 0 Å². The standard InChI is InChI=1S/C55H86O25S/c1-24(2)12-11-17-54(9)45-30(73-26(4)57)20-53(8)28-13-14-33-51(5,6)34(16-18-52(33,7)27(28)15-19-55(45,53)50(65)79-54)75-49-44(36(60)32(23-71-49)80-81(66,67)68)78-47-38(62)37(61)41(25(3)72-47)76-48-40(64)43(35(59)31(21-56)74-48)77-46-39(63)42(69-10)29(58)22-70-46/h12-13,25,27,29-49,56,58-64H,11,14-23H2,1-10H3,(H,66,67,68)/t25-,27+,29-,30+,31-,32-,33+,34+,35-,36+,37-,38-,39-,40-,41-,42+,43+,44-,45+,46+,47+,48+,49+,52-,53+,54+,55+/m1/s1. The van der Waals surface area contributed by atoms with E-state index in [4.69, 9.17) is 56.3 Å². The van der Waals surface area contributed by atoms with Crippen LogP contribution < -0.4 is 0 Å². The number of rotatable bonds is 16. The zero-order valence-corrected chi connectivity index (χ0v) is 48.5. The number of methoxy groups -OCH3 is 1. The second kappa shape index (κ2) is 23.4. The highest BCUT2D eigenvalue weighted by Crippen LogP contribution is 2.77. The summed E-state index contributed by atoms with van der Waals surface area (Å²) >= 11 is 0. The van der Waals surface area contributed by atoms with Crippen molar-refractivity contribution in [2.45, 2.75) is 242 Å². The van der Waals surface area contributed by atoms with Gasteiger partial charge in [-0.15, -0.1) is 0 Å². The largest absolute Gasteiger partial charge is 0.462 e. The van der Waals surface area contributed by atoms with E-state index in [9.17, 15) is 63.4 Å². The molecule has 0 unspecified atom stereocenters. The predicted molar refractivity (Wildman–Crippen MR) is 276 cm³/mol. The maximum absolute atomic E-state index is 14.7. The minimum absolute atomic E-state index is 0.0185. The van der Waals surface area contributed by atoms with Crippen LogP contribution in [0.3, 0.4) is 0 Å². The van der Waals surface area contributed by atoms with Crippen LogP contribution in [0.25, 0.3) is 0 Å². The molecule has 5 heterocycles. The molecule has 3 saturated carbocycles. The minimum Gasteiger partial charge on any atom is -0.462 e. The van der Waals surface area contributed by atoms with Gasteiger partial charge in [0.25, 0.3) is 0 Å². The number of carbonyl (C=O) groups is 2. The number of fused-ring (bicyclic) bond motifs is 4. The molecule has 4 aliphatic carbocycles. The van der Waals surface area contributed by atoms with Crippen molar-refractivity contribution in [1.29, 1.82) is 0 Å². The highest BCUT2D eigenvalue weighted by atomic mass is 32.3. The first-order valence-corrected chi connectivity index (χ1v) is 29.7. The van der Waals surface area contributed by atoms with E-state index in [0.717, 1.165) is 5.57 Å². The average molecular weight is 1180 g/mol. The molecule has 5 aliphatic heterocycles. The third kappa shape index (κ3) is 11.1. The summed E-state index contributed by atoms with van der Waals surface area (Å²) in [6, 6.07) is 0. The normalized spacial score (nSPS) is 49.5. The Morgan fingerprint density at radius 3 is 2.07 bits per heavy atom. The highest BCUT2D eigenvalue weighted by Gasteiger charge is 2.79. The van der Waals surface area contributed by atoms with Crippen LogP contribution >= 0.6 is 0 Å². The SMILES string of the molecule is CO[C@@H]1[C@@H](O)[C@H](O[C@@H]2[C@@H](O)[C@H](O[C@H]3[C@H](O)[C@@H](O)[C@H](O[C@H]4[C@H](O[C@H]5CC[C@]6(C)[C@H]7CC[C@@]89C(=O)O[C@@](C)(CCC=C(C)C)[C@@H]8[C@@H](OC(C)=O)C[C@@]9(C)C7=CC[C@H]6C5(C)C)OC[C@@H](OS(=O)(=O)O)[C@@H]4O)O[C@@H]3C)O[C@H](CO)[C@H]2O)OC[C@H]1O. The molecule has 0 amide bonds. The van der Waals surface area contributed by atoms with Gasteiger partial charge in [0.05, 0.1) is 43.4 Å². The first kappa shape index (κ1) is 63.1. The van der Waals surface area contributed by atoms with Crippen LogP contribution in [0.5, 0.6) is 0 Å². The molecule has 0 aromatic rings. The van der Waals surface area contributed by atoms with Crippen molar-refractivity contribution in [2.24, 2.45) is 39.4 Å². The summed E-state index contributed by atoms with van der Waals surface area (Å²) in [6.07, 6.45) is -21.4. The van der Waals surface area contributed by atoms with Gasteiger partial charge in [0.15, 0.2) is 25.2 Å². The lowest BCUT2D eigenvalue weighted by Crippen LogP contribution is -2.66. The van der Waals surface area contributed by atoms with Crippen molar-refractivity contribution in [1.82, 2.24) is 0 Å². The first-order valence-electron chi connectivity index (χ1n) is 28.3. The number of carbonyl (C=O) groups excluding carboxylic acids is 2. The number of aliphatic hydroxyl groups is 8. The van der Waals surface area contributed by atoms with E-state index in [-0.39, 0.29) is 35.7 Å². The molecule has 25 nitrogen and oxygen atoms in total. The molecule has 5 saturated heterocycles. The van der Waals surface area contributed by atoms with Crippen molar-refractivity contribution < 1.29 is 120 Å². The molecule has 9 N–H and O–H groups in total. The van der Waals surface area contributed by atoms with Crippen molar-refractivity contribution >= 4 is 22.3 Å². The van der Waals surface area contributed by atoms with Crippen molar-refractivity contribution in [2.75, 3.05) is 26.9 Å². The third-order valence-electron chi connectivity index (χ3n) is 20.2.